The zero-order valence-corrected chi connectivity index (χ0v) is 20.2. The molecule has 9 nitrogen and oxygen atoms in total. The topological polar surface area (TPSA) is 145 Å². The number of aromatic carboxylic acids is 1. The van der Waals surface area contributed by atoms with Crippen molar-refractivity contribution in [3.63, 3.8) is 0 Å². The lowest BCUT2D eigenvalue weighted by Gasteiger charge is -2.15. The highest BCUT2D eigenvalue weighted by Gasteiger charge is 2.13. The van der Waals surface area contributed by atoms with Crippen LogP contribution in [0.3, 0.4) is 0 Å². The predicted molar refractivity (Wildman–Crippen MR) is 133 cm³/mol. The van der Waals surface area contributed by atoms with Gasteiger partial charge in [-0.05, 0) is 65.6 Å². The van der Waals surface area contributed by atoms with E-state index in [1.165, 1.54) is 18.2 Å². The second-order valence-corrected chi connectivity index (χ2v) is 9.83. The third-order valence-electron chi connectivity index (χ3n) is 5.23. The van der Waals surface area contributed by atoms with Crippen molar-refractivity contribution in [1.29, 1.82) is 0 Å². The molecule has 0 saturated heterocycles. The van der Waals surface area contributed by atoms with Gasteiger partial charge in [0, 0.05) is 13.1 Å². The zero-order valence-electron chi connectivity index (χ0n) is 19.4. The zero-order chi connectivity index (χ0) is 25.6. The second-order valence-electron chi connectivity index (χ2n) is 8.08. The van der Waals surface area contributed by atoms with Gasteiger partial charge >= 0.3 is 5.97 Å². The fourth-order valence-electron chi connectivity index (χ4n) is 3.48. The number of sulfonamides is 1. The quantitative estimate of drug-likeness (QED) is 0.199. The van der Waals surface area contributed by atoms with E-state index in [4.69, 9.17) is 9.84 Å². The number of anilines is 1. The first kappa shape index (κ1) is 26.0. The number of nitrogens with one attached hydrogen (secondary N) is 2. The van der Waals surface area contributed by atoms with Crippen molar-refractivity contribution in [1.82, 2.24) is 5.32 Å². The van der Waals surface area contributed by atoms with Gasteiger partial charge in [0.15, 0.2) is 0 Å². The maximum atomic E-state index is 11.4. The molecule has 0 bridgehead atoms. The van der Waals surface area contributed by atoms with Gasteiger partial charge in [-0.25, -0.2) is 13.2 Å². The van der Waals surface area contributed by atoms with Crippen LogP contribution in [0.1, 0.15) is 27.6 Å². The van der Waals surface area contributed by atoms with Gasteiger partial charge in [-0.2, -0.15) is 0 Å². The summed E-state index contributed by atoms with van der Waals surface area (Å²) in [5.41, 5.74) is 3.57. The van der Waals surface area contributed by atoms with Gasteiger partial charge in [-0.3, -0.25) is 4.72 Å². The molecule has 5 N–H and O–H groups in total. The summed E-state index contributed by atoms with van der Waals surface area (Å²) in [7, 11) is -3.56. The molecule has 0 fully saturated rings. The highest BCUT2D eigenvalue weighted by atomic mass is 32.2. The van der Waals surface area contributed by atoms with Gasteiger partial charge in [0.05, 0.1) is 23.6 Å². The molecule has 0 aliphatic carbocycles. The molecule has 0 aliphatic heterocycles. The van der Waals surface area contributed by atoms with E-state index in [1.54, 1.807) is 24.3 Å². The SMILES string of the molecule is Cc1cc(OCCNC[C@@H](O)c2ccc(O)c(NS(C)(=O)=O)c2)ccc1-c1ccc(C(=O)O)cc1. The van der Waals surface area contributed by atoms with Crippen molar-refractivity contribution in [2.45, 2.75) is 13.0 Å². The number of benzene rings is 3. The fourth-order valence-corrected chi connectivity index (χ4v) is 4.05. The molecule has 0 heterocycles. The fraction of sp³-hybridized carbons (Fsp3) is 0.240. The van der Waals surface area contributed by atoms with Crippen LogP contribution in [-0.4, -0.2) is 55.7 Å². The van der Waals surface area contributed by atoms with Crippen molar-refractivity contribution < 1.29 is 33.3 Å². The van der Waals surface area contributed by atoms with Crippen LogP contribution in [0, 0.1) is 6.92 Å². The van der Waals surface area contributed by atoms with Crippen LogP contribution in [-0.2, 0) is 10.0 Å². The number of aliphatic hydroxyl groups is 1. The van der Waals surface area contributed by atoms with Crippen LogP contribution in [0.15, 0.2) is 60.7 Å². The number of aromatic hydroxyl groups is 1. The largest absolute Gasteiger partial charge is 0.506 e. The van der Waals surface area contributed by atoms with Crippen LogP contribution in [0.5, 0.6) is 11.5 Å². The molecule has 186 valence electrons. The first-order valence-electron chi connectivity index (χ1n) is 10.8. The van der Waals surface area contributed by atoms with Crippen molar-refractivity contribution in [3.8, 4) is 22.6 Å². The smallest absolute Gasteiger partial charge is 0.335 e. The minimum atomic E-state index is -3.56. The Hall–Kier alpha value is -3.60. The number of carboxylic acid groups (broad SMARTS) is 1. The van der Waals surface area contributed by atoms with E-state index in [0.29, 0.717) is 24.5 Å². The number of phenols is 1. The molecule has 3 aromatic carbocycles. The molecule has 0 spiro atoms. The van der Waals surface area contributed by atoms with Crippen LogP contribution in [0.2, 0.25) is 0 Å². The molecule has 0 amide bonds. The van der Waals surface area contributed by atoms with Gasteiger partial charge < -0.3 is 25.4 Å². The Morgan fingerprint density at radius 2 is 1.77 bits per heavy atom. The first-order chi connectivity index (χ1) is 16.5. The summed E-state index contributed by atoms with van der Waals surface area (Å²) in [6, 6.07) is 16.6. The third-order valence-corrected chi connectivity index (χ3v) is 5.82. The molecule has 0 radical (unpaired) electrons. The average molecular weight is 501 g/mol. The molecule has 0 saturated carbocycles. The Balaban J connectivity index is 1.49. The molecule has 1 atom stereocenters. The van der Waals surface area contributed by atoms with Gasteiger partial charge in [0.2, 0.25) is 10.0 Å². The van der Waals surface area contributed by atoms with Gasteiger partial charge in [-0.15, -0.1) is 0 Å². The molecule has 0 aliphatic rings. The van der Waals surface area contributed by atoms with E-state index >= 15 is 0 Å². The van der Waals surface area contributed by atoms with Crippen molar-refractivity contribution in [3.05, 3.63) is 77.4 Å². The number of aryl methyl sites for hydroxylation is 1. The number of ether oxygens (including phenoxy) is 1. The highest BCUT2D eigenvalue weighted by molar-refractivity contribution is 7.92. The average Bonchev–Trinajstić information content (AvgIpc) is 2.79. The third kappa shape index (κ3) is 7.44. The minimum Gasteiger partial charge on any atom is -0.506 e. The van der Waals surface area contributed by atoms with E-state index in [-0.39, 0.29) is 23.5 Å². The van der Waals surface area contributed by atoms with E-state index in [0.717, 1.165) is 22.9 Å². The van der Waals surface area contributed by atoms with Gasteiger partial charge in [0.25, 0.3) is 0 Å². The molecule has 0 aromatic heterocycles. The number of hydrogen-bond donors (Lipinski definition) is 5. The predicted octanol–water partition coefficient (Wildman–Crippen LogP) is 3.14. The molecule has 35 heavy (non-hydrogen) atoms. The number of carbonyl (C=O) groups is 1. The van der Waals surface area contributed by atoms with Crippen LogP contribution in [0.25, 0.3) is 11.1 Å². The standard InChI is InChI=1S/C25H28N2O7S/c1-16-13-20(8-9-21(16)17-3-5-18(6-4-17)25(30)31)34-12-11-26-15-24(29)19-7-10-23(28)22(14-19)27-35(2,32)33/h3-10,13-14,24,26-29H,11-12,15H2,1-2H3,(H,30,31)/t24-/m1/s1. The van der Waals surface area contributed by atoms with E-state index in [1.807, 2.05) is 25.1 Å². The maximum Gasteiger partial charge on any atom is 0.335 e. The van der Waals surface area contributed by atoms with Gasteiger partial charge in [0.1, 0.15) is 18.1 Å². The number of carboxylic acids is 1. The Morgan fingerprint density at radius 3 is 2.40 bits per heavy atom. The van der Waals surface area contributed by atoms with Gasteiger partial charge in [-0.1, -0.05) is 24.3 Å². The number of phenolic OH excluding ortho intramolecular Hbond substituents is 1. The van der Waals surface area contributed by atoms with Crippen molar-refractivity contribution in [2.75, 3.05) is 30.7 Å². The van der Waals surface area contributed by atoms with Crippen LogP contribution in [0.4, 0.5) is 5.69 Å². The van der Waals surface area contributed by atoms with E-state index in [9.17, 15) is 23.4 Å². The molecular formula is C25H28N2O7S. The Labute approximate surface area is 204 Å². The molecular weight excluding hydrogens is 472 g/mol. The molecule has 3 rings (SSSR count). The molecule has 3 aromatic rings. The molecule has 10 heteroatoms. The number of rotatable bonds is 11. The van der Waals surface area contributed by atoms with Crippen molar-refractivity contribution >= 4 is 21.7 Å². The summed E-state index contributed by atoms with van der Waals surface area (Å²) in [6.45, 7) is 2.97. The number of hydrogen-bond acceptors (Lipinski definition) is 7. The summed E-state index contributed by atoms with van der Waals surface area (Å²) in [6.07, 6.45) is 0.0646. The van der Waals surface area contributed by atoms with Crippen molar-refractivity contribution in [2.24, 2.45) is 0 Å². The lowest BCUT2D eigenvalue weighted by atomic mass is 9.99. The Bertz CT molecular complexity index is 1290. The Morgan fingerprint density at radius 1 is 1.06 bits per heavy atom. The summed E-state index contributed by atoms with van der Waals surface area (Å²) in [5.74, 6) is -0.507. The van der Waals surface area contributed by atoms with Crippen LogP contribution >= 0.6 is 0 Å². The van der Waals surface area contributed by atoms with E-state index < -0.39 is 22.1 Å². The summed E-state index contributed by atoms with van der Waals surface area (Å²) >= 11 is 0. The van der Waals surface area contributed by atoms with E-state index in [2.05, 4.69) is 10.0 Å². The maximum absolute atomic E-state index is 11.4. The lowest BCUT2D eigenvalue weighted by molar-refractivity contribution is 0.0697. The first-order valence-corrected chi connectivity index (χ1v) is 12.7. The monoisotopic (exact) mass is 500 g/mol. The molecule has 0 unspecified atom stereocenters. The summed E-state index contributed by atoms with van der Waals surface area (Å²) < 4.78 is 30.8. The highest BCUT2D eigenvalue weighted by Crippen LogP contribution is 2.28. The second kappa shape index (κ2) is 11.2. The summed E-state index contributed by atoms with van der Waals surface area (Å²) in [4.78, 5) is 11.0. The minimum absolute atomic E-state index is 0.00373. The normalized spacial score (nSPS) is 12.2. The van der Waals surface area contributed by atoms with Crippen LogP contribution < -0.4 is 14.8 Å². The number of aliphatic hydroxyl groups excluding tert-OH is 1. The summed E-state index contributed by atoms with van der Waals surface area (Å²) in [5, 5.41) is 32.3. The lowest BCUT2D eigenvalue weighted by Crippen LogP contribution is -2.26. The Kier molecular flexibility index (Phi) is 8.34.